The predicted octanol–water partition coefficient (Wildman–Crippen LogP) is 4.68. The minimum absolute atomic E-state index is 0.0530. The summed E-state index contributed by atoms with van der Waals surface area (Å²) in [6, 6.07) is 0. The first kappa shape index (κ1) is 95.8. The number of fused-ring (bicyclic) bond motifs is 1. The molecule has 1 amide bonds. The average Bonchev–Trinajstić information content (AvgIpc) is 1.62. The van der Waals surface area contributed by atoms with Crippen LogP contribution in [-0.4, -0.2) is 355 Å². The quantitative estimate of drug-likeness (QED) is 0.0227. The van der Waals surface area contributed by atoms with E-state index in [1.54, 1.807) is 0 Å². The number of nitrogens with one attached hydrogen (secondary N) is 1. The molecule has 1 saturated carbocycles. The zero-order valence-electron chi connectivity index (χ0n) is 64.0. The fourth-order valence-corrected chi connectivity index (χ4v) is 9.67. The molecule has 3 N–H and O–H groups in total. The Hall–Kier alpha value is -4.45. The van der Waals surface area contributed by atoms with E-state index >= 15 is 0 Å². The van der Waals surface area contributed by atoms with Gasteiger partial charge in [0.1, 0.15) is 23.5 Å². The standard InChI is InChI=1S/C71H131N9O26/c1-4-5-6-66-76-68-69(71(106-63(2)3)78-77-70(68)72)80(66)62-65-9-7-64(8-10-65)61-74-67(81)11-13-82-15-17-84-19-21-86-23-25-88-27-29-90-31-33-92-35-37-94-39-41-96-43-45-98-47-49-100-51-53-102-55-57-104-59-60-105-58-56-103-54-52-101-50-48-99-46-44-97-42-40-95-38-36-93-34-32-91-30-28-89-26-24-87-22-20-85-18-16-83-14-12-75-79-73/h11,13,63-65H,4-10,12,14-62H2,1-3H3,(H2,72,77)(H,74,81)/t64-,65-. The number of azide groups is 1. The van der Waals surface area contributed by atoms with Gasteiger partial charge in [0.05, 0.1) is 316 Å². The number of hydrogen-bond donors (Lipinski definition) is 2. The van der Waals surface area contributed by atoms with Crippen LogP contribution in [-0.2, 0) is 131 Å². The number of aromatic nitrogens is 4. The van der Waals surface area contributed by atoms with Crippen LogP contribution in [0.25, 0.3) is 21.5 Å². The second-order valence-corrected chi connectivity index (χ2v) is 23.8. The van der Waals surface area contributed by atoms with Crippen LogP contribution in [0.15, 0.2) is 17.5 Å². The fraction of sp³-hybridized carbons (Fsp3) is 0.887. The lowest BCUT2D eigenvalue weighted by Gasteiger charge is -2.29. The second kappa shape index (κ2) is 74.6. The summed E-state index contributed by atoms with van der Waals surface area (Å²) in [5.41, 5.74) is 15.9. The van der Waals surface area contributed by atoms with E-state index in [1.807, 2.05) is 13.8 Å². The van der Waals surface area contributed by atoms with Crippen LogP contribution >= 0.6 is 0 Å². The van der Waals surface area contributed by atoms with E-state index in [4.69, 9.17) is 135 Å². The smallest absolute Gasteiger partial charge is 0.260 e. The Morgan fingerprint density at radius 3 is 1.05 bits per heavy atom. The van der Waals surface area contributed by atoms with Crippen molar-refractivity contribution >= 4 is 22.8 Å². The molecule has 0 aromatic carbocycles. The summed E-state index contributed by atoms with van der Waals surface area (Å²) >= 11 is 0. The number of imidazole rings is 1. The molecule has 35 nitrogen and oxygen atoms in total. The third-order valence-electron chi connectivity index (χ3n) is 15.1. The molecule has 1 aliphatic carbocycles. The van der Waals surface area contributed by atoms with Crippen molar-refractivity contribution in [3.8, 4) is 5.88 Å². The van der Waals surface area contributed by atoms with Gasteiger partial charge in [-0.25, -0.2) is 4.98 Å². The van der Waals surface area contributed by atoms with Crippen LogP contribution in [0.2, 0.25) is 0 Å². The number of carbonyl (C=O) groups excluding carboxylic acids is 1. The van der Waals surface area contributed by atoms with Gasteiger partial charge in [0.25, 0.3) is 5.88 Å². The number of unbranched alkanes of at least 4 members (excludes halogenated alkanes) is 1. The first-order chi connectivity index (χ1) is 52.4. The van der Waals surface area contributed by atoms with Crippen molar-refractivity contribution in [3.63, 3.8) is 0 Å². The fourth-order valence-electron chi connectivity index (χ4n) is 9.67. The largest absolute Gasteiger partial charge is 0.499 e. The summed E-state index contributed by atoms with van der Waals surface area (Å²) in [6.07, 6.45) is 9.91. The summed E-state index contributed by atoms with van der Waals surface area (Å²) in [5.74, 6) is 2.53. The summed E-state index contributed by atoms with van der Waals surface area (Å²) in [4.78, 5) is 20.0. The minimum Gasteiger partial charge on any atom is -0.499 e. The van der Waals surface area contributed by atoms with Crippen molar-refractivity contribution in [1.29, 1.82) is 0 Å². The van der Waals surface area contributed by atoms with E-state index in [0.29, 0.717) is 353 Å². The molecule has 1 aliphatic rings. The third-order valence-corrected chi connectivity index (χ3v) is 15.1. The summed E-state index contributed by atoms with van der Waals surface area (Å²) in [5, 5.41) is 14.8. The highest BCUT2D eigenvalue weighted by molar-refractivity contribution is 5.89. The molecule has 0 bridgehead atoms. The Labute approximate surface area is 628 Å². The number of rotatable bonds is 83. The highest BCUT2D eigenvalue weighted by Crippen LogP contribution is 2.34. The van der Waals surface area contributed by atoms with Crippen LogP contribution in [0.1, 0.15) is 65.1 Å². The zero-order valence-corrected chi connectivity index (χ0v) is 64.0. The van der Waals surface area contributed by atoms with E-state index < -0.39 is 0 Å². The molecule has 3 rings (SSSR count). The number of nitrogens with zero attached hydrogens (tertiary/aromatic N) is 7. The van der Waals surface area contributed by atoms with Gasteiger partial charge in [-0.1, -0.05) is 18.5 Å². The molecule has 2 heterocycles. The van der Waals surface area contributed by atoms with E-state index in [1.165, 1.54) is 12.3 Å². The first-order valence-electron chi connectivity index (χ1n) is 38.0. The number of aryl methyl sites for hydroxylation is 1. The number of carbonyl (C=O) groups is 1. The van der Waals surface area contributed by atoms with E-state index in [2.05, 4.69) is 37.0 Å². The van der Waals surface area contributed by atoms with Gasteiger partial charge in [0, 0.05) is 37.0 Å². The van der Waals surface area contributed by atoms with Crippen LogP contribution < -0.4 is 15.8 Å². The topological polar surface area (TPSA) is 378 Å². The number of amides is 1. The Morgan fingerprint density at radius 1 is 0.462 bits per heavy atom. The Balaban J connectivity index is 0.887. The number of nitrogen functional groups attached to an aromatic ring is 1. The van der Waals surface area contributed by atoms with E-state index in [-0.39, 0.29) is 12.0 Å². The lowest BCUT2D eigenvalue weighted by Crippen LogP contribution is -2.31. The average molecular weight is 1530 g/mol. The van der Waals surface area contributed by atoms with Crippen LogP contribution in [0.3, 0.4) is 0 Å². The third kappa shape index (κ3) is 58.5. The van der Waals surface area contributed by atoms with Gasteiger partial charge in [-0.3, -0.25) is 4.79 Å². The molecule has 0 atom stereocenters. The normalized spacial score (nSPS) is 14.0. The molecule has 106 heavy (non-hydrogen) atoms. The van der Waals surface area contributed by atoms with Gasteiger partial charge in [0.2, 0.25) is 5.91 Å². The molecule has 0 saturated heterocycles. The molecule has 0 radical (unpaired) electrons. The van der Waals surface area contributed by atoms with E-state index in [0.717, 1.165) is 62.8 Å². The highest BCUT2D eigenvalue weighted by Gasteiger charge is 2.26. The van der Waals surface area contributed by atoms with Crippen LogP contribution in [0.5, 0.6) is 5.88 Å². The van der Waals surface area contributed by atoms with E-state index in [9.17, 15) is 4.79 Å². The summed E-state index contributed by atoms with van der Waals surface area (Å²) in [7, 11) is 0. The molecule has 35 heteroatoms. The monoisotopic (exact) mass is 1530 g/mol. The summed E-state index contributed by atoms with van der Waals surface area (Å²) < 4.78 is 141. The van der Waals surface area contributed by atoms with Crippen molar-refractivity contribution in [2.24, 2.45) is 17.0 Å². The highest BCUT2D eigenvalue weighted by atomic mass is 16.6. The summed E-state index contributed by atoms with van der Waals surface area (Å²) in [6.45, 7) is 29.7. The second-order valence-electron chi connectivity index (χ2n) is 23.8. The molecular formula is C71H131N9O26. The van der Waals surface area contributed by atoms with Crippen molar-refractivity contribution < 1.29 is 123 Å². The lowest BCUT2D eigenvalue weighted by molar-refractivity contribution is -0.116. The lowest BCUT2D eigenvalue weighted by atomic mass is 9.82. The molecule has 616 valence electrons. The van der Waals surface area contributed by atoms with Crippen molar-refractivity contribution in [1.82, 2.24) is 25.1 Å². The van der Waals surface area contributed by atoms with Crippen molar-refractivity contribution in [2.45, 2.75) is 78.4 Å². The molecule has 2 aromatic heterocycles. The molecule has 1 fully saturated rings. The number of hydrogen-bond acceptors (Lipinski definition) is 31. The SMILES string of the molecule is CCCCc1nc2c(N)nnc(OC(C)C)c2n1C[C@H]1CC[C@H](CNC(=O)C=COCCOCCOCCOCCOCCOCCOCCOCCOCCOCCOCCOCCOCCOCCOCCOCCOCCOCCOCCOCCOCCOCCOCCOCCN=[N+]=[N-])CC1. The van der Waals surface area contributed by atoms with Gasteiger partial charge >= 0.3 is 0 Å². The molecule has 0 aliphatic heterocycles. The van der Waals surface area contributed by atoms with Crippen molar-refractivity contribution in [3.05, 3.63) is 28.6 Å². The predicted molar refractivity (Wildman–Crippen MR) is 391 cm³/mol. The van der Waals surface area contributed by atoms with Crippen LogP contribution in [0, 0.1) is 11.8 Å². The number of anilines is 1. The van der Waals surface area contributed by atoms with Crippen LogP contribution in [0.4, 0.5) is 5.82 Å². The van der Waals surface area contributed by atoms with Gasteiger partial charge in [0.15, 0.2) is 5.82 Å². The molecule has 2 aromatic rings. The first-order valence-corrected chi connectivity index (χ1v) is 38.0. The Bertz CT molecular complexity index is 2330. The molecular weight excluding hydrogens is 1390 g/mol. The molecule has 0 unspecified atom stereocenters. The number of nitrogens with two attached hydrogens (primary N) is 1. The minimum atomic E-state index is -0.173. The maximum absolute atomic E-state index is 12.5. The Morgan fingerprint density at radius 2 is 0.755 bits per heavy atom. The molecule has 0 spiro atoms. The van der Waals surface area contributed by atoms with Gasteiger partial charge in [-0.15, -0.1) is 10.2 Å². The number of ether oxygens (including phenoxy) is 25. The zero-order chi connectivity index (χ0) is 75.4. The van der Waals surface area contributed by atoms with Crippen molar-refractivity contribution in [2.75, 3.05) is 329 Å². The van der Waals surface area contributed by atoms with Gasteiger partial charge < -0.3 is 134 Å². The van der Waals surface area contributed by atoms with Gasteiger partial charge in [-0.2, -0.15) is 0 Å². The maximum atomic E-state index is 12.5. The maximum Gasteiger partial charge on any atom is 0.260 e. The van der Waals surface area contributed by atoms with Gasteiger partial charge in [-0.05, 0) is 63.3 Å². The Kier molecular flexibility index (Phi) is 67.4.